The average molecular weight is 439 g/mol. The molecule has 0 radical (unpaired) electrons. The summed E-state index contributed by atoms with van der Waals surface area (Å²) in [5.74, 6) is 1.12. The SMILES string of the molecule is COc1cccc(CSc2nc(CC(=O)Nc3nc4ccccc4s3)cc(=O)[nH]2)c1. The summed E-state index contributed by atoms with van der Waals surface area (Å²) < 4.78 is 6.22. The van der Waals surface area contributed by atoms with Crippen molar-refractivity contribution >= 4 is 44.4 Å². The zero-order valence-electron chi connectivity index (χ0n) is 16.0. The molecule has 2 aromatic carbocycles. The molecule has 2 aromatic heterocycles. The first kappa shape index (κ1) is 20.1. The highest BCUT2D eigenvalue weighted by Gasteiger charge is 2.11. The zero-order chi connectivity index (χ0) is 20.9. The first-order valence-corrected chi connectivity index (χ1v) is 10.9. The summed E-state index contributed by atoms with van der Waals surface area (Å²) in [4.78, 5) is 35.9. The Morgan fingerprint density at radius 3 is 2.87 bits per heavy atom. The van der Waals surface area contributed by atoms with Gasteiger partial charge in [-0.3, -0.25) is 9.59 Å². The monoisotopic (exact) mass is 438 g/mol. The molecule has 0 unspecified atom stereocenters. The Morgan fingerprint density at radius 2 is 2.03 bits per heavy atom. The van der Waals surface area contributed by atoms with Gasteiger partial charge in [-0.2, -0.15) is 0 Å². The van der Waals surface area contributed by atoms with Gasteiger partial charge in [0.25, 0.3) is 5.56 Å². The highest BCUT2D eigenvalue weighted by Crippen LogP contribution is 2.25. The zero-order valence-corrected chi connectivity index (χ0v) is 17.7. The third kappa shape index (κ3) is 5.05. The molecule has 4 rings (SSSR count). The molecular weight excluding hydrogens is 420 g/mol. The number of H-pyrrole nitrogens is 1. The van der Waals surface area contributed by atoms with Crippen molar-refractivity contribution in [2.24, 2.45) is 0 Å². The van der Waals surface area contributed by atoms with E-state index in [2.05, 4.69) is 20.3 Å². The van der Waals surface area contributed by atoms with Crippen LogP contribution < -0.4 is 15.6 Å². The van der Waals surface area contributed by atoms with Crippen LogP contribution in [0.1, 0.15) is 11.3 Å². The third-order valence-corrected chi connectivity index (χ3v) is 6.06. The number of aromatic nitrogens is 3. The molecule has 0 aliphatic carbocycles. The number of anilines is 1. The maximum atomic E-state index is 12.4. The number of ether oxygens (including phenoxy) is 1. The lowest BCUT2D eigenvalue weighted by molar-refractivity contribution is -0.115. The Bertz CT molecular complexity index is 1220. The van der Waals surface area contributed by atoms with Gasteiger partial charge >= 0.3 is 0 Å². The molecule has 2 heterocycles. The van der Waals surface area contributed by atoms with Crippen LogP contribution in [0.4, 0.5) is 5.13 Å². The van der Waals surface area contributed by atoms with E-state index in [9.17, 15) is 9.59 Å². The van der Waals surface area contributed by atoms with Crippen molar-refractivity contribution in [3.63, 3.8) is 0 Å². The van der Waals surface area contributed by atoms with Gasteiger partial charge in [-0.05, 0) is 29.8 Å². The number of thioether (sulfide) groups is 1. The number of hydrogen-bond acceptors (Lipinski definition) is 7. The van der Waals surface area contributed by atoms with E-state index in [1.54, 1.807) is 7.11 Å². The number of aromatic amines is 1. The fourth-order valence-electron chi connectivity index (χ4n) is 2.81. The number of fused-ring (bicyclic) bond motifs is 1. The summed E-state index contributed by atoms with van der Waals surface area (Å²) in [6.07, 6.45) is -0.00738. The van der Waals surface area contributed by atoms with E-state index in [-0.39, 0.29) is 17.9 Å². The van der Waals surface area contributed by atoms with Crippen molar-refractivity contribution < 1.29 is 9.53 Å². The number of nitrogens with zero attached hydrogens (tertiary/aromatic N) is 2. The average Bonchev–Trinajstić information content (AvgIpc) is 3.14. The smallest absolute Gasteiger partial charge is 0.251 e. The minimum Gasteiger partial charge on any atom is -0.497 e. The summed E-state index contributed by atoms with van der Waals surface area (Å²) in [6, 6.07) is 16.7. The minimum absolute atomic E-state index is 0.00738. The van der Waals surface area contributed by atoms with Crippen molar-refractivity contribution in [2.75, 3.05) is 12.4 Å². The minimum atomic E-state index is -0.291. The van der Waals surface area contributed by atoms with Gasteiger partial charge in [-0.1, -0.05) is 47.4 Å². The van der Waals surface area contributed by atoms with Crippen LogP contribution in [-0.2, 0) is 17.0 Å². The number of amides is 1. The second-order valence-corrected chi connectivity index (χ2v) is 8.39. The van der Waals surface area contributed by atoms with Crippen LogP contribution in [0.5, 0.6) is 5.75 Å². The van der Waals surface area contributed by atoms with E-state index in [0.29, 0.717) is 21.7 Å². The Morgan fingerprint density at radius 1 is 1.17 bits per heavy atom. The van der Waals surface area contributed by atoms with Gasteiger partial charge in [0.15, 0.2) is 10.3 Å². The number of benzene rings is 2. The second kappa shape index (κ2) is 9.10. The molecule has 0 aliphatic rings. The molecule has 0 saturated carbocycles. The van der Waals surface area contributed by atoms with Gasteiger partial charge < -0.3 is 15.0 Å². The molecule has 152 valence electrons. The summed E-state index contributed by atoms with van der Waals surface area (Å²) in [5.41, 5.74) is 2.00. The number of para-hydroxylation sites is 1. The van der Waals surface area contributed by atoms with Crippen LogP contribution in [0.2, 0.25) is 0 Å². The Hall–Kier alpha value is -3.17. The van der Waals surface area contributed by atoms with E-state index in [1.807, 2.05) is 48.5 Å². The summed E-state index contributed by atoms with van der Waals surface area (Å²) in [7, 11) is 1.62. The number of nitrogens with one attached hydrogen (secondary N) is 2. The van der Waals surface area contributed by atoms with E-state index < -0.39 is 0 Å². The first-order valence-electron chi connectivity index (χ1n) is 9.10. The van der Waals surface area contributed by atoms with Crippen molar-refractivity contribution in [2.45, 2.75) is 17.3 Å². The number of carbonyl (C=O) groups excluding carboxylic acids is 1. The normalized spacial score (nSPS) is 10.8. The lowest BCUT2D eigenvalue weighted by Crippen LogP contribution is -2.18. The summed E-state index contributed by atoms with van der Waals surface area (Å²) in [6.45, 7) is 0. The lowest BCUT2D eigenvalue weighted by atomic mass is 10.2. The van der Waals surface area contributed by atoms with E-state index in [0.717, 1.165) is 21.5 Å². The van der Waals surface area contributed by atoms with Crippen molar-refractivity contribution in [3.8, 4) is 5.75 Å². The third-order valence-electron chi connectivity index (χ3n) is 4.16. The molecule has 0 spiro atoms. The maximum Gasteiger partial charge on any atom is 0.251 e. The topological polar surface area (TPSA) is 97.0 Å². The maximum absolute atomic E-state index is 12.4. The molecule has 0 bridgehead atoms. The fourth-order valence-corrected chi connectivity index (χ4v) is 4.53. The fraction of sp³-hybridized carbons (Fsp3) is 0.143. The molecular formula is C21H18N4O3S2. The summed E-state index contributed by atoms with van der Waals surface area (Å²) in [5, 5.41) is 3.78. The number of thiazole rings is 1. The molecule has 0 saturated heterocycles. The van der Waals surface area contributed by atoms with Crippen LogP contribution >= 0.6 is 23.1 Å². The standard InChI is InChI=1S/C21H18N4O3S2/c1-28-15-6-4-5-13(9-15)12-29-20-22-14(10-18(26)24-20)11-19(27)25-21-23-16-7-2-3-8-17(16)30-21/h2-10H,11-12H2,1H3,(H,22,24,26)(H,23,25,27). The van der Waals surface area contributed by atoms with Gasteiger partial charge in [0, 0.05) is 11.8 Å². The molecule has 0 fully saturated rings. The first-order chi connectivity index (χ1) is 14.6. The summed E-state index contributed by atoms with van der Waals surface area (Å²) >= 11 is 2.80. The van der Waals surface area contributed by atoms with E-state index in [1.165, 1.54) is 29.2 Å². The van der Waals surface area contributed by atoms with Gasteiger partial charge in [-0.15, -0.1) is 0 Å². The van der Waals surface area contributed by atoms with Gasteiger partial charge in [0.1, 0.15) is 5.75 Å². The van der Waals surface area contributed by atoms with Crippen molar-refractivity contribution in [3.05, 3.63) is 76.2 Å². The van der Waals surface area contributed by atoms with Gasteiger partial charge in [-0.25, -0.2) is 9.97 Å². The molecule has 1 amide bonds. The number of rotatable bonds is 7. The van der Waals surface area contributed by atoms with Crippen LogP contribution in [-0.4, -0.2) is 28.0 Å². The van der Waals surface area contributed by atoms with Crippen molar-refractivity contribution in [1.29, 1.82) is 0 Å². The lowest BCUT2D eigenvalue weighted by Gasteiger charge is -2.06. The Balaban J connectivity index is 1.41. The quantitative estimate of drug-likeness (QED) is 0.336. The predicted octanol–water partition coefficient (Wildman–Crippen LogP) is 3.86. The van der Waals surface area contributed by atoms with Crippen LogP contribution in [0.25, 0.3) is 10.2 Å². The molecule has 2 N–H and O–H groups in total. The molecule has 4 aromatic rings. The molecule has 9 heteroatoms. The number of carbonyl (C=O) groups is 1. The van der Waals surface area contributed by atoms with Crippen LogP contribution in [0.3, 0.4) is 0 Å². The van der Waals surface area contributed by atoms with Gasteiger partial charge in [0.05, 0.1) is 29.4 Å². The van der Waals surface area contributed by atoms with E-state index in [4.69, 9.17) is 4.74 Å². The Kier molecular flexibility index (Phi) is 6.10. The number of methoxy groups -OCH3 is 1. The largest absolute Gasteiger partial charge is 0.497 e. The Labute approximate surface area is 180 Å². The second-order valence-electron chi connectivity index (χ2n) is 6.39. The van der Waals surface area contributed by atoms with Crippen LogP contribution in [0, 0.1) is 0 Å². The van der Waals surface area contributed by atoms with E-state index >= 15 is 0 Å². The molecule has 30 heavy (non-hydrogen) atoms. The molecule has 7 nitrogen and oxygen atoms in total. The highest BCUT2D eigenvalue weighted by atomic mass is 32.2. The predicted molar refractivity (Wildman–Crippen MR) is 119 cm³/mol. The molecule has 0 aliphatic heterocycles. The highest BCUT2D eigenvalue weighted by molar-refractivity contribution is 7.98. The molecule has 0 atom stereocenters. The number of hydrogen-bond donors (Lipinski definition) is 2. The van der Waals surface area contributed by atoms with Crippen LogP contribution in [0.15, 0.2) is 64.5 Å². The van der Waals surface area contributed by atoms with Gasteiger partial charge in [0.2, 0.25) is 5.91 Å². The van der Waals surface area contributed by atoms with Crippen molar-refractivity contribution in [1.82, 2.24) is 15.0 Å².